The quantitative estimate of drug-likeness (QED) is 0.460. The number of benzene rings is 2. The molecule has 1 aliphatic carbocycles. The molecule has 228 valence electrons. The largest absolute Gasteiger partial charge is 0.493 e. The molecule has 1 N–H and O–H groups in total. The Kier molecular flexibility index (Phi) is 8.70. The molecule has 0 aromatic heterocycles. The molecule has 0 amide bonds. The number of aliphatic hydroxyl groups is 1. The lowest BCUT2D eigenvalue weighted by molar-refractivity contribution is -0.172. The molecule has 0 spiro atoms. The summed E-state index contributed by atoms with van der Waals surface area (Å²) in [6.07, 6.45) is -0.239. The normalized spacial score (nSPS) is 26.5. The van der Waals surface area contributed by atoms with Gasteiger partial charge in [0.1, 0.15) is 6.10 Å². The van der Waals surface area contributed by atoms with Gasteiger partial charge < -0.3 is 38.3 Å². The number of fused-ring (bicyclic) bond motifs is 4. The van der Waals surface area contributed by atoms with Crippen molar-refractivity contribution in [3.8, 4) is 28.7 Å². The zero-order valence-electron chi connectivity index (χ0n) is 24.9. The maximum Gasteiger partial charge on any atom is 0.338 e. The third-order valence-corrected chi connectivity index (χ3v) is 9.04. The summed E-state index contributed by atoms with van der Waals surface area (Å²) in [7, 11) is 8.93. The van der Waals surface area contributed by atoms with Crippen molar-refractivity contribution in [2.45, 2.75) is 37.5 Å². The van der Waals surface area contributed by atoms with Crippen molar-refractivity contribution in [2.24, 2.45) is 17.8 Å². The van der Waals surface area contributed by atoms with Gasteiger partial charge in [-0.1, -0.05) is 0 Å². The fraction of sp³-hybridized carbons (Fsp3) is 0.548. The highest BCUT2D eigenvalue weighted by molar-refractivity contribution is 5.91. The van der Waals surface area contributed by atoms with E-state index in [-0.39, 0.29) is 34.9 Å². The molecule has 0 bridgehead atoms. The number of carbonyl (C=O) groups is 2. The van der Waals surface area contributed by atoms with E-state index in [9.17, 15) is 14.7 Å². The maximum absolute atomic E-state index is 13.5. The first-order valence-electron chi connectivity index (χ1n) is 14.0. The second-order valence-electron chi connectivity index (χ2n) is 11.0. The molecule has 5 rings (SSSR count). The molecule has 2 aromatic carbocycles. The van der Waals surface area contributed by atoms with E-state index in [1.54, 1.807) is 14.2 Å². The molecule has 42 heavy (non-hydrogen) atoms. The number of rotatable bonds is 8. The Hall–Kier alpha value is -3.70. The summed E-state index contributed by atoms with van der Waals surface area (Å²) < 4.78 is 38.4. The van der Waals surface area contributed by atoms with Gasteiger partial charge in [-0.15, -0.1) is 0 Å². The number of ether oxygens (including phenoxy) is 7. The fourth-order valence-electron chi connectivity index (χ4n) is 7.07. The fourth-order valence-corrected chi connectivity index (χ4v) is 7.07. The standard InChI is InChI=1S/C31H39NO10/c1-36-23-10-16-7-8-32-15-18-9-22(33)28(42-30(34)17-11-25(38-3)29(40-5)26(12-17)39-4)27(31(35)41-6)20(18)13-21(32)19(16)14-24(23)37-2/h10-12,14,18,20-22,27-28,33H,7-9,13,15H2,1-6H3/t18-,20+,21+,22-,27-,28-/m1/s1. The first kappa shape index (κ1) is 29.8. The predicted molar refractivity (Wildman–Crippen MR) is 151 cm³/mol. The summed E-state index contributed by atoms with van der Waals surface area (Å²) in [5, 5.41) is 11.3. The Morgan fingerprint density at radius 1 is 0.833 bits per heavy atom. The van der Waals surface area contributed by atoms with Crippen LogP contribution in [0.3, 0.4) is 0 Å². The minimum absolute atomic E-state index is 0.0261. The number of nitrogens with zero attached hydrogens (tertiary/aromatic N) is 1. The van der Waals surface area contributed by atoms with Gasteiger partial charge in [0.05, 0.1) is 60.2 Å². The highest BCUT2D eigenvalue weighted by Crippen LogP contribution is 2.51. The summed E-state index contributed by atoms with van der Waals surface area (Å²) in [5.74, 6) is 0.0104. The first-order valence-corrected chi connectivity index (χ1v) is 14.0. The van der Waals surface area contributed by atoms with Crippen LogP contribution in [0.4, 0.5) is 0 Å². The Balaban J connectivity index is 1.46. The molecular weight excluding hydrogens is 546 g/mol. The van der Waals surface area contributed by atoms with Gasteiger partial charge in [0.2, 0.25) is 5.75 Å². The summed E-state index contributed by atoms with van der Waals surface area (Å²) in [6.45, 7) is 1.57. The van der Waals surface area contributed by atoms with Gasteiger partial charge in [-0.3, -0.25) is 9.69 Å². The number of hydrogen-bond acceptors (Lipinski definition) is 11. The number of hydrogen-bond donors (Lipinski definition) is 1. The van der Waals surface area contributed by atoms with Crippen LogP contribution >= 0.6 is 0 Å². The highest BCUT2D eigenvalue weighted by Gasteiger charge is 2.54. The van der Waals surface area contributed by atoms with Gasteiger partial charge >= 0.3 is 11.9 Å². The van der Waals surface area contributed by atoms with Crippen LogP contribution in [0, 0.1) is 17.8 Å². The van der Waals surface area contributed by atoms with E-state index >= 15 is 0 Å². The zero-order valence-corrected chi connectivity index (χ0v) is 24.9. The van der Waals surface area contributed by atoms with Crippen molar-refractivity contribution < 1.29 is 47.9 Å². The minimum Gasteiger partial charge on any atom is -0.493 e. The molecular formula is C31H39NO10. The van der Waals surface area contributed by atoms with E-state index < -0.39 is 30.1 Å². The van der Waals surface area contributed by atoms with Crippen LogP contribution < -0.4 is 23.7 Å². The van der Waals surface area contributed by atoms with E-state index in [2.05, 4.69) is 4.90 Å². The molecule has 6 atom stereocenters. The number of aliphatic hydroxyl groups excluding tert-OH is 1. The summed E-state index contributed by atoms with van der Waals surface area (Å²) in [6, 6.07) is 7.05. The van der Waals surface area contributed by atoms with Gasteiger partial charge in [0.15, 0.2) is 23.0 Å². The molecule has 11 heteroatoms. The maximum atomic E-state index is 13.5. The summed E-state index contributed by atoms with van der Waals surface area (Å²) in [4.78, 5) is 29.2. The van der Waals surface area contributed by atoms with Gasteiger partial charge in [-0.05, 0) is 66.5 Å². The molecule has 2 aliphatic heterocycles. The molecule has 0 unspecified atom stereocenters. The van der Waals surface area contributed by atoms with E-state index in [1.165, 1.54) is 46.1 Å². The number of esters is 2. The molecule has 11 nitrogen and oxygen atoms in total. The molecule has 0 radical (unpaired) electrons. The lowest BCUT2D eigenvalue weighted by Crippen LogP contribution is -2.58. The molecule has 2 heterocycles. The Bertz CT molecular complexity index is 1300. The van der Waals surface area contributed by atoms with Crippen molar-refractivity contribution in [1.82, 2.24) is 4.90 Å². The van der Waals surface area contributed by atoms with E-state index in [4.69, 9.17) is 33.2 Å². The van der Waals surface area contributed by atoms with Crippen LogP contribution in [0.15, 0.2) is 24.3 Å². The van der Waals surface area contributed by atoms with Crippen molar-refractivity contribution >= 4 is 11.9 Å². The average molecular weight is 586 g/mol. The van der Waals surface area contributed by atoms with Gasteiger partial charge in [0.25, 0.3) is 0 Å². The van der Waals surface area contributed by atoms with E-state index in [1.807, 2.05) is 12.1 Å². The second kappa shape index (κ2) is 12.3. The van der Waals surface area contributed by atoms with Crippen LogP contribution in [0.25, 0.3) is 0 Å². The van der Waals surface area contributed by atoms with Gasteiger partial charge in [-0.25, -0.2) is 4.79 Å². The molecule has 2 fully saturated rings. The van der Waals surface area contributed by atoms with Crippen molar-refractivity contribution in [2.75, 3.05) is 55.7 Å². The number of piperidine rings is 1. The summed E-state index contributed by atoms with van der Waals surface area (Å²) in [5.41, 5.74) is 2.46. The van der Waals surface area contributed by atoms with Gasteiger partial charge in [-0.2, -0.15) is 0 Å². The Labute approximate surface area is 245 Å². The monoisotopic (exact) mass is 585 g/mol. The van der Waals surface area contributed by atoms with Crippen LogP contribution in [0.1, 0.15) is 40.4 Å². The van der Waals surface area contributed by atoms with Crippen molar-refractivity contribution in [3.05, 3.63) is 41.0 Å². The van der Waals surface area contributed by atoms with E-state index in [0.29, 0.717) is 36.6 Å². The number of methoxy groups -OCH3 is 6. The smallest absolute Gasteiger partial charge is 0.338 e. The van der Waals surface area contributed by atoms with Crippen LogP contribution in [0.5, 0.6) is 28.7 Å². The third kappa shape index (κ3) is 5.20. The topological polar surface area (TPSA) is 122 Å². The Morgan fingerprint density at radius 2 is 1.48 bits per heavy atom. The van der Waals surface area contributed by atoms with Crippen LogP contribution in [-0.4, -0.2) is 89.9 Å². The Morgan fingerprint density at radius 3 is 2.07 bits per heavy atom. The molecule has 2 aromatic rings. The summed E-state index contributed by atoms with van der Waals surface area (Å²) >= 11 is 0. The second-order valence-corrected chi connectivity index (χ2v) is 11.0. The average Bonchev–Trinajstić information content (AvgIpc) is 3.02. The van der Waals surface area contributed by atoms with Gasteiger partial charge in [0, 0.05) is 19.1 Å². The number of carbonyl (C=O) groups excluding carboxylic acids is 2. The zero-order chi connectivity index (χ0) is 30.1. The van der Waals surface area contributed by atoms with E-state index in [0.717, 1.165) is 18.5 Å². The lowest BCUT2D eigenvalue weighted by Gasteiger charge is -2.52. The predicted octanol–water partition coefficient (Wildman–Crippen LogP) is 3.04. The SMILES string of the molecule is COC(=O)[C@@H]1[C@H]2C[C@H]3c4cc(OC)c(OC)cc4CCN3C[C@H]2C[C@@H](O)[C@H]1OC(=O)c1cc(OC)c(OC)c(OC)c1. The van der Waals surface area contributed by atoms with Crippen molar-refractivity contribution in [1.29, 1.82) is 0 Å². The molecule has 3 aliphatic rings. The molecule has 1 saturated heterocycles. The highest BCUT2D eigenvalue weighted by atomic mass is 16.6. The first-order chi connectivity index (χ1) is 20.3. The van der Waals surface area contributed by atoms with Crippen molar-refractivity contribution in [3.63, 3.8) is 0 Å². The minimum atomic E-state index is -1.09. The third-order valence-electron chi connectivity index (χ3n) is 9.04. The molecule has 1 saturated carbocycles. The van der Waals surface area contributed by atoms with Crippen LogP contribution in [-0.2, 0) is 20.7 Å². The van der Waals surface area contributed by atoms with Crippen LogP contribution in [0.2, 0.25) is 0 Å². The lowest BCUT2D eigenvalue weighted by atomic mass is 9.63.